The predicted octanol–water partition coefficient (Wildman–Crippen LogP) is 4.57. The molecule has 2 aromatic carbocycles. The zero-order valence-electron chi connectivity index (χ0n) is 14.2. The summed E-state index contributed by atoms with van der Waals surface area (Å²) >= 11 is 1.57. The van der Waals surface area contributed by atoms with E-state index in [4.69, 9.17) is 9.47 Å². The van der Waals surface area contributed by atoms with Crippen molar-refractivity contribution in [3.05, 3.63) is 59.6 Å². The molecule has 5 nitrogen and oxygen atoms in total. The van der Waals surface area contributed by atoms with Gasteiger partial charge in [0.25, 0.3) is 0 Å². The SMILES string of the molecule is C=CNc1cc(CS/C=C/c2c(O)cc(O)cc2OC)ccc1OC. The number of phenolic OH excluding ortho intramolecular Hbond substituents is 2. The van der Waals surface area contributed by atoms with E-state index in [0.717, 1.165) is 22.8 Å². The minimum absolute atomic E-state index is 0.0318. The van der Waals surface area contributed by atoms with Crippen molar-refractivity contribution in [2.24, 2.45) is 0 Å². The third-order valence-electron chi connectivity index (χ3n) is 3.43. The Balaban J connectivity index is 2.07. The van der Waals surface area contributed by atoms with Crippen LogP contribution in [0.15, 0.2) is 48.5 Å². The van der Waals surface area contributed by atoms with Gasteiger partial charge in [-0.3, -0.25) is 0 Å². The largest absolute Gasteiger partial charge is 0.508 e. The Hall–Kier alpha value is -2.73. The molecule has 0 spiro atoms. The number of thioether (sulfide) groups is 1. The number of phenols is 2. The molecule has 0 amide bonds. The summed E-state index contributed by atoms with van der Waals surface area (Å²) in [7, 11) is 3.11. The molecule has 2 aromatic rings. The molecule has 0 radical (unpaired) electrons. The Morgan fingerprint density at radius 1 is 1.12 bits per heavy atom. The van der Waals surface area contributed by atoms with Crippen LogP contribution in [0.2, 0.25) is 0 Å². The highest BCUT2D eigenvalue weighted by atomic mass is 32.2. The lowest BCUT2D eigenvalue weighted by molar-refractivity contribution is 0.396. The lowest BCUT2D eigenvalue weighted by atomic mass is 10.1. The Labute approximate surface area is 151 Å². The van der Waals surface area contributed by atoms with Crippen LogP contribution in [0.3, 0.4) is 0 Å². The van der Waals surface area contributed by atoms with Crippen LogP contribution < -0.4 is 14.8 Å². The van der Waals surface area contributed by atoms with Crippen molar-refractivity contribution in [3.63, 3.8) is 0 Å². The molecular formula is C19H21NO4S. The summed E-state index contributed by atoms with van der Waals surface area (Å²) < 4.78 is 10.5. The number of anilines is 1. The molecule has 0 aliphatic heterocycles. The van der Waals surface area contributed by atoms with E-state index in [-0.39, 0.29) is 11.5 Å². The van der Waals surface area contributed by atoms with Gasteiger partial charge in [0, 0.05) is 17.9 Å². The average Bonchev–Trinajstić information content (AvgIpc) is 2.60. The summed E-state index contributed by atoms with van der Waals surface area (Å²) in [6.07, 6.45) is 3.36. The topological polar surface area (TPSA) is 71.0 Å². The minimum atomic E-state index is -0.0420. The molecule has 0 saturated heterocycles. The van der Waals surface area contributed by atoms with Gasteiger partial charge >= 0.3 is 0 Å². The number of rotatable bonds is 8. The number of ether oxygens (including phenoxy) is 2. The first-order chi connectivity index (χ1) is 12.1. The van der Waals surface area contributed by atoms with Crippen LogP contribution in [-0.2, 0) is 5.75 Å². The van der Waals surface area contributed by atoms with Crippen LogP contribution in [-0.4, -0.2) is 24.4 Å². The molecule has 0 bridgehead atoms. The molecule has 3 N–H and O–H groups in total. The van der Waals surface area contributed by atoms with Crippen LogP contribution in [0.5, 0.6) is 23.0 Å². The summed E-state index contributed by atoms with van der Waals surface area (Å²) in [6, 6.07) is 8.64. The van der Waals surface area contributed by atoms with E-state index in [1.54, 1.807) is 31.1 Å². The smallest absolute Gasteiger partial charge is 0.142 e. The third-order valence-corrected chi connectivity index (χ3v) is 4.26. The molecule has 0 aliphatic carbocycles. The molecule has 132 valence electrons. The summed E-state index contributed by atoms with van der Waals surface area (Å²) in [4.78, 5) is 0. The van der Waals surface area contributed by atoms with Crippen molar-refractivity contribution in [2.45, 2.75) is 5.75 Å². The summed E-state index contributed by atoms with van der Waals surface area (Å²) in [5.41, 5.74) is 2.50. The Bertz CT molecular complexity index is 774. The molecule has 0 aliphatic rings. The zero-order chi connectivity index (χ0) is 18.2. The quantitative estimate of drug-likeness (QED) is 0.641. The van der Waals surface area contributed by atoms with Gasteiger partial charge in [0.05, 0.1) is 25.5 Å². The highest BCUT2D eigenvalue weighted by molar-refractivity contribution is 8.01. The van der Waals surface area contributed by atoms with Crippen LogP contribution in [0.25, 0.3) is 6.08 Å². The second-order valence-electron chi connectivity index (χ2n) is 5.08. The third kappa shape index (κ3) is 4.87. The summed E-state index contributed by atoms with van der Waals surface area (Å²) in [5.74, 6) is 1.84. The van der Waals surface area contributed by atoms with E-state index < -0.39 is 0 Å². The molecule has 0 heterocycles. The maximum absolute atomic E-state index is 9.94. The van der Waals surface area contributed by atoms with Gasteiger partial charge in [-0.15, -0.1) is 11.8 Å². The Morgan fingerprint density at radius 2 is 1.88 bits per heavy atom. The fraction of sp³-hybridized carbons (Fsp3) is 0.158. The second kappa shape index (κ2) is 8.94. The van der Waals surface area contributed by atoms with Crippen molar-refractivity contribution in [2.75, 3.05) is 19.5 Å². The summed E-state index contributed by atoms with van der Waals surface area (Å²) in [5, 5.41) is 24.4. The van der Waals surface area contributed by atoms with Crippen LogP contribution in [0.1, 0.15) is 11.1 Å². The Morgan fingerprint density at radius 3 is 2.56 bits per heavy atom. The predicted molar refractivity (Wildman–Crippen MR) is 103 cm³/mol. The van der Waals surface area contributed by atoms with E-state index in [1.807, 2.05) is 23.6 Å². The van der Waals surface area contributed by atoms with Crippen molar-refractivity contribution >= 4 is 23.5 Å². The van der Waals surface area contributed by atoms with Crippen molar-refractivity contribution < 1.29 is 19.7 Å². The van der Waals surface area contributed by atoms with Gasteiger partial charge in [-0.2, -0.15) is 0 Å². The van der Waals surface area contributed by atoms with Gasteiger partial charge in [-0.05, 0) is 35.4 Å². The number of hydrogen-bond donors (Lipinski definition) is 3. The minimum Gasteiger partial charge on any atom is -0.508 e. The van der Waals surface area contributed by atoms with Crippen molar-refractivity contribution in [3.8, 4) is 23.0 Å². The first-order valence-electron chi connectivity index (χ1n) is 7.51. The number of aromatic hydroxyl groups is 2. The average molecular weight is 359 g/mol. The van der Waals surface area contributed by atoms with E-state index in [1.165, 1.54) is 19.2 Å². The number of benzene rings is 2. The first kappa shape index (κ1) is 18.6. The highest BCUT2D eigenvalue weighted by Gasteiger charge is 2.08. The normalized spacial score (nSPS) is 10.6. The van der Waals surface area contributed by atoms with Gasteiger partial charge in [0.15, 0.2) is 0 Å². The standard InChI is InChI=1S/C19H21NO4S/c1-4-20-16-9-13(5-6-18(16)23-2)12-25-8-7-15-17(22)10-14(21)11-19(15)24-3/h4-11,20-22H,1,12H2,2-3H3/b8-7+. The van der Waals surface area contributed by atoms with Crippen LogP contribution >= 0.6 is 11.8 Å². The summed E-state index contributed by atoms with van der Waals surface area (Å²) in [6.45, 7) is 3.66. The molecule has 2 rings (SSSR count). The van der Waals surface area contributed by atoms with E-state index >= 15 is 0 Å². The molecule has 0 saturated carbocycles. The van der Waals surface area contributed by atoms with E-state index in [9.17, 15) is 10.2 Å². The molecule has 0 unspecified atom stereocenters. The lowest BCUT2D eigenvalue weighted by Crippen LogP contribution is -1.93. The van der Waals surface area contributed by atoms with Gasteiger partial charge in [0.1, 0.15) is 23.0 Å². The van der Waals surface area contributed by atoms with Gasteiger partial charge in [-0.25, -0.2) is 0 Å². The fourth-order valence-electron chi connectivity index (χ4n) is 2.26. The van der Waals surface area contributed by atoms with Gasteiger partial charge in [0.2, 0.25) is 0 Å². The maximum Gasteiger partial charge on any atom is 0.142 e. The fourth-order valence-corrected chi connectivity index (χ4v) is 2.96. The molecule has 25 heavy (non-hydrogen) atoms. The van der Waals surface area contributed by atoms with Crippen molar-refractivity contribution in [1.29, 1.82) is 0 Å². The van der Waals surface area contributed by atoms with Gasteiger partial charge in [-0.1, -0.05) is 12.6 Å². The number of hydrogen-bond acceptors (Lipinski definition) is 6. The van der Waals surface area contributed by atoms with Crippen LogP contribution in [0, 0.1) is 0 Å². The molecule has 0 aromatic heterocycles. The molecular weight excluding hydrogens is 338 g/mol. The van der Waals surface area contributed by atoms with Crippen LogP contribution in [0.4, 0.5) is 5.69 Å². The number of methoxy groups -OCH3 is 2. The molecule has 0 fully saturated rings. The maximum atomic E-state index is 9.94. The monoisotopic (exact) mass is 359 g/mol. The Kier molecular flexibility index (Phi) is 6.65. The first-order valence-corrected chi connectivity index (χ1v) is 8.56. The van der Waals surface area contributed by atoms with E-state index in [0.29, 0.717) is 11.3 Å². The van der Waals surface area contributed by atoms with Crippen molar-refractivity contribution in [1.82, 2.24) is 0 Å². The lowest BCUT2D eigenvalue weighted by Gasteiger charge is -2.10. The zero-order valence-corrected chi connectivity index (χ0v) is 15.0. The highest BCUT2D eigenvalue weighted by Crippen LogP contribution is 2.34. The van der Waals surface area contributed by atoms with E-state index in [2.05, 4.69) is 11.9 Å². The molecule has 6 heteroatoms. The number of nitrogens with one attached hydrogen (secondary N) is 1. The second-order valence-corrected chi connectivity index (χ2v) is 5.97. The molecule has 0 atom stereocenters. The van der Waals surface area contributed by atoms with Gasteiger partial charge < -0.3 is 25.0 Å².